The van der Waals surface area contributed by atoms with Crippen molar-refractivity contribution in [1.82, 2.24) is 14.5 Å². The third-order valence-electron chi connectivity index (χ3n) is 2.70. The first kappa shape index (κ1) is 13.5. The van der Waals surface area contributed by atoms with Gasteiger partial charge in [0.1, 0.15) is 12.4 Å². The van der Waals surface area contributed by atoms with Gasteiger partial charge in [0.15, 0.2) is 0 Å². The summed E-state index contributed by atoms with van der Waals surface area (Å²) in [7, 11) is -1.02. The molecule has 0 radical (unpaired) electrons. The van der Waals surface area contributed by atoms with Crippen molar-refractivity contribution >= 4 is 30.7 Å². The van der Waals surface area contributed by atoms with Gasteiger partial charge in [0.25, 0.3) is 0 Å². The van der Waals surface area contributed by atoms with Gasteiger partial charge in [-0.25, -0.2) is 4.98 Å². The lowest BCUT2D eigenvalue weighted by Crippen LogP contribution is -2.22. The van der Waals surface area contributed by atoms with Crippen LogP contribution in [0, 0.1) is 0 Å². The van der Waals surface area contributed by atoms with E-state index in [2.05, 4.69) is 29.6 Å². The zero-order valence-corrected chi connectivity index (χ0v) is 12.7. The number of rotatable bonds is 5. The standard InChI is InChI=1S/C12H18ClN3OSi/c1-18(2,3)7-6-17-9-16-5-4-10-8-14-12(13)15-11(10)16/h4-5,8H,6-7,9H2,1-3H3. The topological polar surface area (TPSA) is 39.9 Å². The first-order chi connectivity index (χ1) is 8.46. The van der Waals surface area contributed by atoms with Gasteiger partial charge in [-0.3, -0.25) is 0 Å². The molecule has 2 aromatic heterocycles. The lowest BCUT2D eigenvalue weighted by atomic mass is 10.4. The number of hydrogen-bond acceptors (Lipinski definition) is 3. The van der Waals surface area contributed by atoms with Crippen LogP contribution in [0.5, 0.6) is 0 Å². The highest BCUT2D eigenvalue weighted by atomic mass is 35.5. The molecule has 98 valence electrons. The summed E-state index contributed by atoms with van der Waals surface area (Å²) in [4.78, 5) is 8.16. The summed E-state index contributed by atoms with van der Waals surface area (Å²) < 4.78 is 7.65. The molecule has 0 saturated heterocycles. The number of hydrogen-bond donors (Lipinski definition) is 0. The van der Waals surface area contributed by atoms with Crippen LogP contribution >= 0.6 is 11.6 Å². The Hall–Kier alpha value is -0.913. The molecule has 0 aliphatic heterocycles. The third kappa shape index (κ3) is 3.54. The van der Waals surface area contributed by atoms with E-state index in [-0.39, 0.29) is 5.28 Å². The second kappa shape index (κ2) is 5.38. The fourth-order valence-corrected chi connectivity index (χ4v) is 2.48. The smallest absolute Gasteiger partial charge is 0.224 e. The third-order valence-corrected chi connectivity index (χ3v) is 4.59. The molecule has 4 nitrogen and oxygen atoms in total. The van der Waals surface area contributed by atoms with Crippen molar-refractivity contribution in [1.29, 1.82) is 0 Å². The molecular formula is C12H18ClN3OSi. The fourth-order valence-electron chi connectivity index (χ4n) is 1.60. The zero-order chi connectivity index (χ0) is 13.2. The van der Waals surface area contributed by atoms with E-state index in [0.29, 0.717) is 6.73 Å². The molecule has 6 heteroatoms. The van der Waals surface area contributed by atoms with Crippen molar-refractivity contribution < 1.29 is 4.74 Å². The summed E-state index contributed by atoms with van der Waals surface area (Å²) in [5, 5.41) is 1.25. The van der Waals surface area contributed by atoms with Gasteiger partial charge >= 0.3 is 0 Å². The largest absolute Gasteiger partial charge is 0.361 e. The average molecular weight is 284 g/mol. The Morgan fingerprint density at radius 2 is 2.17 bits per heavy atom. The number of fused-ring (bicyclic) bond motifs is 1. The minimum atomic E-state index is -1.02. The maximum absolute atomic E-state index is 5.80. The highest BCUT2D eigenvalue weighted by molar-refractivity contribution is 6.76. The van der Waals surface area contributed by atoms with Gasteiger partial charge < -0.3 is 9.30 Å². The van der Waals surface area contributed by atoms with Gasteiger partial charge in [0.05, 0.1) is 0 Å². The molecular weight excluding hydrogens is 266 g/mol. The van der Waals surface area contributed by atoms with E-state index in [9.17, 15) is 0 Å². The summed E-state index contributed by atoms with van der Waals surface area (Å²) in [5.41, 5.74) is 0.822. The van der Waals surface area contributed by atoms with Gasteiger partial charge in [-0.05, 0) is 23.7 Å². The highest BCUT2D eigenvalue weighted by Gasteiger charge is 2.12. The van der Waals surface area contributed by atoms with Crippen LogP contribution in [-0.4, -0.2) is 29.2 Å². The number of halogens is 1. The molecule has 2 aromatic rings. The first-order valence-electron chi connectivity index (χ1n) is 6.01. The van der Waals surface area contributed by atoms with Crippen molar-refractivity contribution in [2.24, 2.45) is 0 Å². The lowest BCUT2D eigenvalue weighted by Gasteiger charge is -2.15. The molecule has 0 spiro atoms. The molecule has 0 saturated carbocycles. The first-order valence-corrected chi connectivity index (χ1v) is 10.1. The van der Waals surface area contributed by atoms with Crippen molar-refractivity contribution in [3.8, 4) is 0 Å². The highest BCUT2D eigenvalue weighted by Crippen LogP contribution is 2.15. The lowest BCUT2D eigenvalue weighted by molar-refractivity contribution is 0.0899. The monoisotopic (exact) mass is 283 g/mol. The predicted molar refractivity (Wildman–Crippen MR) is 76.6 cm³/mol. The number of nitrogens with zero attached hydrogens (tertiary/aromatic N) is 3. The molecule has 0 N–H and O–H groups in total. The van der Waals surface area contributed by atoms with Crippen molar-refractivity contribution in [2.45, 2.75) is 32.4 Å². The number of ether oxygens (including phenoxy) is 1. The second-order valence-electron chi connectivity index (χ2n) is 5.55. The van der Waals surface area contributed by atoms with Gasteiger partial charge in [-0.1, -0.05) is 19.6 Å². The Morgan fingerprint density at radius 1 is 1.39 bits per heavy atom. The van der Waals surface area contributed by atoms with Crippen LogP contribution < -0.4 is 0 Å². The Balaban J connectivity index is 1.98. The summed E-state index contributed by atoms with van der Waals surface area (Å²) >= 11 is 5.80. The molecule has 0 bridgehead atoms. The van der Waals surface area contributed by atoms with Gasteiger partial charge in [-0.15, -0.1) is 0 Å². The summed E-state index contributed by atoms with van der Waals surface area (Å²) in [5.74, 6) is 0. The minimum Gasteiger partial charge on any atom is -0.361 e. The minimum absolute atomic E-state index is 0.268. The van der Waals surface area contributed by atoms with Crippen LogP contribution in [0.1, 0.15) is 0 Å². The van der Waals surface area contributed by atoms with Crippen LogP contribution in [0.3, 0.4) is 0 Å². The molecule has 0 aromatic carbocycles. The van der Waals surface area contributed by atoms with Gasteiger partial charge in [0.2, 0.25) is 5.28 Å². The maximum atomic E-state index is 5.80. The van der Waals surface area contributed by atoms with Crippen molar-refractivity contribution in [3.63, 3.8) is 0 Å². The fraction of sp³-hybridized carbons (Fsp3) is 0.500. The van der Waals surface area contributed by atoms with E-state index in [1.165, 1.54) is 6.04 Å². The quantitative estimate of drug-likeness (QED) is 0.480. The summed E-state index contributed by atoms with van der Waals surface area (Å²) in [6, 6.07) is 3.13. The molecule has 0 aliphatic rings. The van der Waals surface area contributed by atoms with Crippen LogP contribution in [0.15, 0.2) is 18.5 Å². The Bertz CT molecular complexity index is 536. The molecule has 2 heterocycles. The maximum Gasteiger partial charge on any atom is 0.224 e. The molecule has 0 aliphatic carbocycles. The Kier molecular flexibility index (Phi) is 4.04. The SMILES string of the molecule is C[Si](C)(C)CCOCn1ccc2cnc(Cl)nc21. The van der Waals surface area contributed by atoms with Crippen molar-refractivity contribution in [3.05, 3.63) is 23.7 Å². The zero-order valence-electron chi connectivity index (χ0n) is 11.0. The van der Waals surface area contributed by atoms with E-state index in [1.807, 2.05) is 16.8 Å². The number of aromatic nitrogens is 3. The van der Waals surface area contributed by atoms with Crippen LogP contribution in [0.25, 0.3) is 11.0 Å². The van der Waals surface area contributed by atoms with Crippen molar-refractivity contribution in [2.75, 3.05) is 6.61 Å². The van der Waals surface area contributed by atoms with E-state index in [4.69, 9.17) is 16.3 Å². The van der Waals surface area contributed by atoms with E-state index < -0.39 is 8.07 Å². The van der Waals surface area contributed by atoms with Gasteiger partial charge in [-0.2, -0.15) is 4.98 Å². The Morgan fingerprint density at radius 3 is 2.89 bits per heavy atom. The molecule has 0 atom stereocenters. The molecule has 18 heavy (non-hydrogen) atoms. The summed E-state index contributed by atoms with van der Waals surface area (Å²) in [6.07, 6.45) is 3.67. The van der Waals surface area contributed by atoms with E-state index >= 15 is 0 Å². The normalized spacial score (nSPS) is 12.2. The molecule has 2 rings (SSSR count). The predicted octanol–water partition coefficient (Wildman–Crippen LogP) is 3.40. The second-order valence-corrected chi connectivity index (χ2v) is 11.5. The molecule has 0 fully saturated rings. The van der Waals surface area contributed by atoms with E-state index in [1.54, 1.807) is 6.20 Å². The van der Waals surface area contributed by atoms with Crippen LogP contribution in [-0.2, 0) is 11.5 Å². The van der Waals surface area contributed by atoms with E-state index in [0.717, 1.165) is 17.6 Å². The average Bonchev–Trinajstić information content (AvgIpc) is 2.66. The summed E-state index contributed by atoms with van der Waals surface area (Å²) in [6.45, 7) is 8.34. The molecule has 0 unspecified atom stereocenters. The van der Waals surface area contributed by atoms with Gasteiger partial charge in [0, 0.05) is 32.5 Å². The molecule has 0 amide bonds. The van der Waals surface area contributed by atoms with Crippen LogP contribution in [0.4, 0.5) is 0 Å². The van der Waals surface area contributed by atoms with Crippen LogP contribution in [0.2, 0.25) is 31.0 Å². The Labute approximate surface area is 113 Å².